The van der Waals surface area contributed by atoms with Crippen LogP contribution in [0.3, 0.4) is 0 Å². The first-order chi connectivity index (χ1) is 9.69. The van der Waals surface area contributed by atoms with Crippen molar-refractivity contribution in [1.29, 1.82) is 0 Å². The number of carbonyl (C=O) groups excluding carboxylic acids is 1. The summed E-state index contributed by atoms with van der Waals surface area (Å²) in [5.41, 5.74) is 1.88. The standard InChI is InChI=1S/C16H16INO2/c1-20-15-5-3-2-4-12(15)6-11-16(19)18-14-9-7-13(17)8-10-14/h2-5,7-10H,6,11H2,1H3,(H,18,19). The van der Waals surface area contributed by atoms with Gasteiger partial charge in [0.15, 0.2) is 0 Å². The van der Waals surface area contributed by atoms with Crippen LogP contribution in [0.2, 0.25) is 0 Å². The molecule has 0 spiro atoms. The number of ether oxygens (including phenoxy) is 1. The average molecular weight is 381 g/mol. The van der Waals surface area contributed by atoms with Crippen LogP contribution in [0.1, 0.15) is 12.0 Å². The van der Waals surface area contributed by atoms with Gasteiger partial charge in [-0.3, -0.25) is 4.79 Å². The first kappa shape index (κ1) is 14.8. The molecule has 3 nitrogen and oxygen atoms in total. The van der Waals surface area contributed by atoms with E-state index in [1.165, 1.54) is 0 Å². The molecule has 0 heterocycles. The number of hydrogen-bond donors (Lipinski definition) is 1. The molecule has 1 N–H and O–H groups in total. The third-order valence-corrected chi connectivity index (χ3v) is 3.66. The fourth-order valence-corrected chi connectivity index (χ4v) is 2.27. The van der Waals surface area contributed by atoms with Gasteiger partial charge in [-0.2, -0.15) is 0 Å². The van der Waals surface area contributed by atoms with Gasteiger partial charge in [0.2, 0.25) is 5.91 Å². The Labute approximate surface area is 132 Å². The highest BCUT2D eigenvalue weighted by Gasteiger charge is 2.06. The summed E-state index contributed by atoms with van der Waals surface area (Å²) in [6.45, 7) is 0. The van der Waals surface area contributed by atoms with Crippen molar-refractivity contribution in [2.75, 3.05) is 12.4 Å². The zero-order valence-corrected chi connectivity index (χ0v) is 13.4. The van der Waals surface area contributed by atoms with Gasteiger partial charge < -0.3 is 10.1 Å². The lowest BCUT2D eigenvalue weighted by Crippen LogP contribution is -2.12. The van der Waals surface area contributed by atoms with E-state index < -0.39 is 0 Å². The number of halogens is 1. The van der Waals surface area contributed by atoms with E-state index in [9.17, 15) is 4.79 Å². The lowest BCUT2D eigenvalue weighted by atomic mass is 10.1. The highest BCUT2D eigenvalue weighted by Crippen LogP contribution is 2.19. The van der Waals surface area contributed by atoms with Gasteiger partial charge in [0.05, 0.1) is 7.11 Å². The van der Waals surface area contributed by atoms with Gasteiger partial charge >= 0.3 is 0 Å². The fourth-order valence-electron chi connectivity index (χ4n) is 1.91. The third kappa shape index (κ3) is 4.23. The molecule has 20 heavy (non-hydrogen) atoms. The molecule has 0 aliphatic carbocycles. The molecule has 1 amide bonds. The highest BCUT2D eigenvalue weighted by molar-refractivity contribution is 14.1. The van der Waals surface area contributed by atoms with E-state index in [0.29, 0.717) is 12.8 Å². The quantitative estimate of drug-likeness (QED) is 0.799. The van der Waals surface area contributed by atoms with Crippen molar-refractivity contribution in [3.05, 3.63) is 57.7 Å². The molecule has 0 aliphatic rings. The van der Waals surface area contributed by atoms with E-state index >= 15 is 0 Å². The molecular formula is C16H16INO2. The van der Waals surface area contributed by atoms with Gasteiger partial charge in [0.25, 0.3) is 0 Å². The number of aryl methyl sites for hydroxylation is 1. The van der Waals surface area contributed by atoms with Gasteiger partial charge in [-0.15, -0.1) is 0 Å². The molecule has 4 heteroatoms. The third-order valence-electron chi connectivity index (χ3n) is 2.94. The molecule has 0 atom stereocenters. The molecule has 2 aromatic rings. The minimum absolute atomic E-state index is 0.0112. The Balaban J connectivity index is 1.90. The highest BCUT2D eigenvalue weighted by atomic mass is 127. The van der Waals surface area contributed by atoms with Crippen molar-refractivity contribution in [2.24, 2.45) is 0 Å². The largest absolute Gasteiger partial charge is 0.496 e. The van der Waals surface area contributed by atoms with Crippen LogP contribution in [0.5, 0.6) is 5.75 Å². The van der Waals surface area contributed by atoms with Crippen LogP contribution < -0.4 is 10.1 Å². The number of para-hydroxylation sites is 1. The summed E-state index contributed by atoms with van der Waals surface area (Å²) in [4.78, 5) is 11.9. The molecule has 0 bridgehead atoms. The van der Waals surface area contributed by atoms with Crippen LogP contribution in [0.25, 0.3) is 0 Å². The van der Waals surface area contributed by atoms with E-state index in [0.717, 1.165) is 20.6 Å². The molecule has 0 unspecified atom stereocenters. The van der Waals surface area contributed by atoms with Gasteiger partial charge in [0.1, 0.15) is 5.75 Å². The van der Waals surface area contributed by atoms with Crippen molar-refractivity contribution in [2.45, 2.75) is 12.8 Å². The second-order valence-electron chi connectivity index (χ2n) is 4.37. The monoisotopic (exact) mass is 381 g/mol. The number of methoxy groups -OCH3 is 1. The zero-order valence-electron chi connectivity index (χ0n) is 11.2. The Hall–Kier alpha value is -1.56. The maximum absolute atomic E-state index is 11.9. The summed E-state index contributed by atoms with van der Waals surface area (Å²) in [5, 5.41) is 2.89. The Kier molecular flexibility index (Phi) is 5.40. The number of amides is 1. The number of carbonyl (C=O) groups is 1. The molecule has 0 saturated carbocycles. The van der Waals surface area contributed by atoms with E-state index in [1.54, 1.807) is 7.11 Å². The van der Waals surface area contributed by atoms with Crippen molar-refractivity contribution in [3.8, 4) is 5.75 Å². The second-order valence-corrected chi connectivity index (χ2v) is 5.61. The molecular weight excluding hydrogens is 365 g/mol. The predicted molar refractivity (Wildman–Crippen MR) is 89.1 cm³/mol. The van der Waals surface area contributed by atoms with E-state index in [2.05, 4.69) is 27.9 Å². The van der Waals surface area contributed by atoms with Gasteiger partial charge in [-0.25, -0.2) is 0 Å². The Morgan fingerprint density at radius 3 is 2.55 bits per heavy atom. The maximum Gasteiger partial charge on any atom is 0.224 e. The van der Waals surface area contributed by atoms with Crippen LogP contribution in [-0.2, 0) is 11.2 Å². The summed E-state index contributed by atoms with van der Waals surface area (Å²) in [6.07, 6.45) is 1.10. The number of rotatable bonds is 5. The van der Waals surface area contributed by atoms with E-state index in [-0.39, 0.29) is 5.91 Å². The summed E-state index contributed by atoms with van der Waals surface area (Å²) in [7, 11) is 1.64. The maximum atomic E-state index is 11.9. The van der Waals surface area contributed by atoms with Crippen molar-refractivity contribution >= 4 is 34.2 Å². The molecule has 0 aliphatic heterocycles. The van der Waals surface area contributed by atoms with Crippen LogP contribution in [0.4, 0.5) is 5.69 Å². The Bertz CT molecular complexity index is 581. The minimum atomic E-state index is 0.0112. The Morgan fingerprint density at radius 1 is 1.15 bits per heavy atom. The fraction of sp³-hybridized carbons (Fsp3) is 0.188. The zero-order chi connectivity index (χ0) is 14.4. The number of benzene rings is 2. The van der Waals surface area contributed by atoms with Crippen molar-refractivity contribution < 1.29 is 9.53 Å². The molecule has 2 aromatic carbocycles. The molecule has 2 rings (SSSR count). The molecule has 104 valence electrons. The van der Waals surface area contributed by atoms with Gasteiger partial charge in [-0.1, -0.05) is 18.2 Å². The summed E-state index contributed by atoms with van der Waals surface area (Å²) in [6, 6.07) is 15.5. The van der Waals surface area contributed by atoms with Crippen molar-refractivity contribution in [1.82, 2.24) is 0 Å². The van der Waals surface area contributed by atoms with Crippen molar-refractivity contribution in [3.63, 3.8) is 0 Å². The van der Waals surface area contributed by atoms with Crippen LogP contribution in [0, 0.1) is 3.57 Å². The first-order valence-corrected chi connectivity index (χ1v) is 7.44. The van der Waals surface area contributed by atoms with Crippen LogP contribution >= 0.6 is 22.6 Å². The number of anilines is 1. The first-order valence-electron chi connectivity index (χ1n) is 6.36. The topological polar surface area (TPSA) is 38.3 Å². The minimum Gasteiger partial charge on any atom is -0.496 e. The molecule has 0 radical (unpaired) electrons. The Morgan fingerprint density at radius 2 is 1.85 bits per heavy atom. The second kappa shape index (κ2) is 7.28. The van der Waals surface area contributed by atoms with Gasteiger partial charge in [0, 0.05) is 15.7 Å². The lowest BCUT2D eigenvalue weighted by molar-refractivity contribution is -0.116. The summed E-state index contributed by atoms with van der Waals surface area (Å²) < 4.78 is 6.42. The normalized spacial score (nSPS) is 10.1. The van der Waals surface area contributed by atoms with Crippen LogP contribution in [0.15, 0.2) is 48.5 Å². The SMILES string of the molecule is COc1ccccc1CCC(=O)Nc1ccc(I)cc1. The summed E-state index contributed by atoms with van der Waals surface area (Å²) in [5.74, 6) is 0.840. The smallest absolute Gasteiger partial charge is 0.224 e. The van der Waals surface area contributed by atoms with E-state index in [1.807, 2.05) is 48.5 Å². The van der Waals surface area contributed by atoms with Gasteiger partial charge in [-0.05, 0) is 64.9 Å². The predicted octanol–water partition coefficient (Wildman–Crippen LogP) is 3.87. The molecule has 0 fully saturated rings. The number of hydrogen-bond acceptors (Lipinski definition) is 2. The number of nitrogens with one attached hydrogen (secondary N) is 1. The van der Waals surface area contributed by atoms with Crippen LogP contribution in [-0.4, -0.2) is 13.0 Å². The average Bonchev–Trinajstić information content (AvgIpc) is 2.48. The molecule has 0 aromatic heterocycles. The summed E-state index contributed by atoms with van der Waals surface area (Å²) >= 11 is 2.24. The molecule has 0 saturated heterocycles. The lowest BCUT2D eigenvalue weighted by Gasteiger charge is -2.08. The van der Waals surface area contributed by atoms with E-state index in [4.69, 9.17) is 4.74 Å².